The van der Waals surface area contributed by atoms with Crippen LogP contribution in [0.5, 0.6) is 17.2 Å². The summed E-state index contributed by atoms with van der Waals surface area (Å²) in [5.74, 6) is 1.66. The topological polar surface area (TPSA) is 128 Å². The predicted molar refractivity (Wildman–Crippen MR) is 456 cm³/mol. The molecule has 586 valence electrons. The molecule has 1 aliphatic rings. The van der Waals surface area contributed by atoms with Gasteiger partial charge in [-0.1, -0.05) is 358 Å². The fourth-order valence-corrected chi connectivity index (χ4v) is 16.0. The van der Waals surface area contributed by atoms with E-state index in [1.165, 1.54) is 289 Å². The summed E-state index contributed by atoms with van der Waals surface area (Å²) in [5.41, 5.74) is 11.9. The molecule has 0 saturated heterocycles. The minimum absolute atomic E-state index is 0.235. The van der Waals surface area contributed by atoms with Crippen LogP contribution in [0.3, 0.4) is 0 Å². The van der Waals surface area contributed by atoms with E-state index < -0.39 is 5.97 Å². The fourth-order valence-electron chi connectivity index (χ4n) is 16.0. The molecule has 4 aromatic carbocycles. The highest BCUT2D eigenvalue weighted by atomic mass is 16.5. The second kappa shape index (κ2) is 50.9. The molecule has 0 atom stereocenters. The third-order valence-electron chi connectivity index (χ3n) is 22.5. The van der Waals surface area contributed by atoms with Crippen LogP contribution in [0.4, 0.5) is 0 Å². The summed E-state index contributed by atoms with van der Waals surface area (Å²) in [6, 6.07) is 50.6. The lowest BCUT2D eigenvalue weighted by molar-refractivity contribution is 0.0696. The van der Waals surface area contributed by atoms with Crippen LogP contribution >= 0.6 is 0 Å². The lowest BCUT2D eigenvalue weighted by atomic mass is 10.0. The van der Waals surface area contributed by atoms with E-state index >= 15 is 0 Å². The Morgan fingerprint density at radius 3 is 0.611 bits per heavy atom. The van der Waals surface area contributed by atoms with E-state index in [2.05, 4.69) is 162 Å². The summed E-state index contributed by atoms with van der Waals surface area (Å²) >= 11 is 0. The molecule has 1 aliphatic heterocycles. The van der Waals surface area contributed by atoms with Crippen LogP contribution in [0.2, 0.25) is 0 Å². The highest BCUT2D eigenvalue weighted by Gasteiger charge is 2.20. The van der Waals surface area contributed by atoms with Gasteiger partial charge < -0.3 is 39.3 Å². The largest absolute Gasteiger partial charge is 0.494 e. The average molecular weight is 1470 g/mol. The Morgan fingerprint density at radius 2 is 0.417 bits per heavy atom. The number of carboxylic acid groups (broad SMARTS) is 1. The molecule has 4 aromatic heterocycles. The molecule has 5 N–H and O–H groups in total. The molecule has 8 aromatic rings. The van der Waals surface area contributed by atoms with Crippen molar-refractivity contribution < 1.29 is 24.1 Å². The molecule has 9 rings (SSSR count). The number of ether oxygens (including phenoxy) is 3. The zero-order valence-electron chi connectivity index (χ0n) is 67.5. The van der Waals surface area contributed by atoms with Gasteiger partial charge in [-0.05, 0) is 139 Å². The number of carboxylic acids is 1. The van der Waals surface area contributed by atoms with Gasteiger partial charge in [0, 0.05) is 66.5 Å². The van der Waals surface area contributed by atoms with Gasteiger partial charge >= 0.3 is 5.97 Å². The van der Waals surface area contributed by atoms with Crippen LogP contribution in [0, 0.1) is 0 Å². The van der Waals surface area contributed by atoms with Crippen molar-refractivity contribution >= 4 is 28.3 Å². The number of hydrogen-bond acceptors (Lipinski definition) is 4. The standard InChI is InChI=1S/C99H140N4O5/c1-4-7-10-13-16-19-22-25-28-31-34-37-40-43-46-49-76-106-84-62-56-80(57-63-84)96-89-70-68-87(100-89)95(79-52-54-83(55-53-79)99(104)105)88-69-71-90(101-88)97(81-58-64-85(65-59-81)107-77-50-47-44-41-38-35-32-29-26-23-20-17-14-11-8-5-2)92-73-75-94(103-92)98(93-74-72-91(96)102-93)82-60-66-86(67-61-82)108-78-51-48-45-42-39-36-33-30-27-24-21-18-15-12-9-6-3/h52-75,100-103H,4-51,76-78H2,1-3H3,(H,104,105). The zero-order valence-corrected chi connectivity index (χ0v) is 67.5. The van der Waals surface area contributed by atoms with Crippen LogP contribution in [-0.4, -0.2) is 50.8 Å². The van der Waals surface area contributed by atoms with Crippen molar-refractivity contribution in [3.8, 4) is 17.2 Å². The highest BCUT2D eigenvalue weighted by molar-refractivity contribution is 5.89. The van der Waals surface area contributed by atoms with Crippen molar-refractivity contribution in [1.29, 1.82) is 0 Å². The molecular formula is C99H140N4O5. The monoisotopic (exact) mass is 1470 g/mol. The smallest absolute Gasteiger partial charge is 0.335 e. The van der Waals surface area contributed by atoms with Crippen LogP contribution in [0.15, 0.2) is 146 Å². The van der Waals surface area contributed by atoms with E-state index in [0.717, 1.165) is 125 Å². The van der Waals surface area contributed by atoms with Gasteiger partial charge in [0.25, 0.3) is 0 Å². The maximum atomic E-state index is 12.3. The van der Waals surface area contributed by atoms with Gasteiger partial charge in [-0.15, -0.1) is 0 Å². The Bertz CT molecular complexity index is 3980. The molecule has 0 saturated carbocycles. The summed E-state index contributed by atoms with van der Waals surface area (Å²) in [6.45, 7) is 9.00. The number of hydrogen-bond donors (Lipinski definition) is 5. The Hall–Kier alpha value is -7.65. The molecule has 9 heteroatoms. The first-order valence-electron chi connectivity index (χ1n) is 44.2. The SMILES string of the molecule is CCCCCCCCCCCCCCCCCCOc1ccc(C2=c3ccc([nH]3)=C(c3ccc(OCCCCCCCCCCCCCCCCCC)cc3)c3ccc([nH]3)C(c3ccc(C(=O)O)cc3)=c3ccc([nH]3)=C(c3ccc(OCCCCCCCCCCCCCCCCCC)cc3)c3ccc2[nH]3)cc1. The van der Waals surface area contributed by atoms with Gasteiger partial charge in [0.05, 0.1) is 25.4 Å². The number of aromatic carboxylic acids is 1. The summed E-state index contributed by atoms with van der Waals surface area (Å²) in [6.07, 6.45) is 64.6. The molecule has 9 nitrogen and oxygen atoms in total. The number of unbranched alkanes of at least 4 members (excludes halogenated alkanes) is 45. The van der Waals surface area contributed by atoms with Crippen molar-refractivity contribution in [3.05, 3.63) is 218 Å². The molecular weight excluding hydrogens is 1330 g/mol. The van der Waals surface area contributed by atoms with E-state index in [0.29, 0.717) is 19.8 Å². The van der Waals surface area contributed by atoms with Crippen molar-refractivity contribution in [3.63, 3.8) is 0 Å². The predicted octanol–water partition coefficient (Wildman–Crippen LogP) is 25.9. The summed E-state index contributed by atoms with van der Waals surface area (Å²) < 4.78 is 19.3. The van der Waals surface area contributed by atoms with Gasteiger partial charge in [-0.3, -0.25) is 0 Å². The van der Waals surface area contributed by atoms with Crippen LogP contribution in [0.1, 0.15) is 384 Å². The van der Waals surface area contributed by atoms with Crippen molar-refractivity contribution in [1.82, 2.24) is 19.9 Å². The molecule has 108 heavy (non-hydrogen) atoms. The van der Waals surface area contributed by atoms with Crippen molar-refractivity contribution in [2.45, 2.75) is 329 Å². The second-order valence-electron chi connectivity index (χ2n) is 31.6. The first kappa shape index (κ1) is 84.4. The van der Waals surface area contributed by atoms with Crippen molar-refractivity contribution in [2.75, 3.05) is 19.8 Å². The first-order valence-corrected chi connectivity index (χ1v) is 44.2. The molecule has 8 bridgehead atoms. The van der Waals surface area contributed by atoms with Crippen LogP contribution < -0.4 is 35.6 Å². The van der Waals surface area contributed by atoms with E-state index in [1.54, 1.807) is 12.1 Å². The number of rotatable bonds is 59. The van der Waals surface area contributed by atoms with E-state index in [4.69, 9.17) is 14.2 Å². The molecule has 0 radical (unpaired) electrons. The maximum absolute atomic E-state index is 12.3. The summed E-state index contributed by atoms with van der Waals surface area (Å²) in [7, 11) is 0. The minimum atomic E-state index is -0.960. The molecule has 0 fully saturated rings. The second-order valence-corrected chi connectivity index (χ2v) is 31.6. The summed E-state index contributed by atoms with van der Waals surface area (Å²) in [5, 5.41) is 13.8. The number of aromatic nitrogens is 4. The minimum Gasteiger partial charge on any atom is -0.494 e. The van der Waals surface area contributed by atoms with E-state index in [9.17, 15) is 9.90 Å². The third kappa shape index (κ3) is 29.6. The van der Waals surface area contributed by atoms with Gasteiger partial charge in [0.2, 0.25) is 0 Å². The highest BCUT2D eigenvalue weighted by Crippen LogP contribution is 2.31. The molecule has 0 aliphatic carbocycles. The number of carbonyl (C=O) groups is 1. The van der Waals surface area contributed by atoms with Gasteiger partial charge in [0.15, 0.2) is 0 Å². The van der Waals surface area contributed by atoms with Gasteiger partial charge in [-0.25, -0.2) is 4.79 Å². The quantitative estimate of drug-likeness (QED) is 0.0243. The maximum Gasteiger partial charge on any atom is 0.335 e. The molecule has 5 heterocycles. The molecule has 0 spiro atoms. The van der Waals surface area contributed by atoms with Crippen LogP contribution in [-0.2, 0) is 0 Å². The Morgan fingerprint density at radius 1 is 0.231 bits per heavy atom. The number of nitrogens with one attached hydrogen (secondary N) is 4. The number of aromatic amines is 4. The molecule has 0 unspecified atom stereocenters. The molecule has 0 amide bonds. The first-order chi connectivity index (χ1) is 53.4. The van der Waals surface area contributed by atoms with Gasteiger partial charge in [-0.2, -0.15) is 0 Å². The Labute approximate surface area is 652 Å². The fraction of sp³-hybridized carbons (Fsp3) is 0.545. The number of fused-ring (bicyclic) bond motifs is 8. The Balaban J connectivity index is 0.917. The average Bonchev–Trinajstić information content (AvgIpc) is 1.61. The van der Waals surface area contributed by atoms with Gasteiger partial charge in [0.1, 0.15) is 17.2 Å². The van der Waals surface area contributed by atoms with E-state index in [-0.39, 0.29) is 5.56 Å². The normalized spacial score (nSPS) is 12.2. The lowest BCUT2D eigenvalue weighted by Gasteiger charge is -2.12. The summed E-state index contributed by atoms with van der Waals surface area (Å²) in [4.78, 5) is 28.1. The number of H-pyrrole nitrogens is 4. The van der Waals surface area contributed by atoms with Crippen molar-refractivity contribution in [2.24, 2.45) is 0 Å². The Kier molecular flexibility index (Phi) is 39.8. The third-order valence-corrected chi connectivity index (χ3v) is 22.5. The van der Waals surface area contributed by atoms with Crippen LogP contribution in [0.25, 0.3) is 22.3 Å². The lowest BCUT2D eigenvalue weighted by Crippen LogP contribution is -2.19. The van der Waals surface area contributed by atoms with E-state index in [1.807, 2.05) is 12.1 Å². The number of benzene rings is 4. The zero-order chi connectivity index (χ0) is 75.1.